The number of halogens is 4. The molecule has 0 aliphatic heterocycles. The van der Waals surface area contributed by atoms with E-state index in [-0.39, 0.29) is 11.8 Å². The van der Waals surface area contributed by atoms with Crippen LogP contribution in [0, 0.1) is 0 Å². The highest BCUT2D eigenvalue weighted by molar-refractivity contribution is 8.04. The van der Waals surface area contributed by atoms with Crippen LogP contribution in [-0.2, 0) is 0 Å². The van der Waals surface area contributed by atoms with Gasteiger partial charge in [0.15, 0.2) is 0 Å². The van der Waals surface area contributed by atoms with Crippen LogP contribution in [0.5, 0.6) is 0 Å². The monoisotopic (exact) mass is 218 g/mol. The zero-order valence-electron chi connectivity index (χ0n) is 5.49. The Kier molecular flexibility index (Phi) is 3.88. The first-order valence-electron chi connectivity index (χ1n) is 2.56. The summed E-state index contributed by atoms with van der Waals surface area (Å²) in [5.41, 5.74) is 0. The van der Waals surface area contributed by atoms with Crippen molar-refractivity contribution in [1.82, 2.24) is 0 Å². The van der Waals surface area contributed by atoms with E-state index in [0.717, 1.165) is 12.2 Å². The minimum absolute atomic E-state index is 0.0656. The Hall–Kier alpha value is 0.270. The lowest BCUT2D eigenvalue weighted by Crippen LogP contribution is -2.14. The molecular formula is C6H6Cl2F2S. The fourth-order valence-corrected chi connectivity index (χ4v) is 1.59. The summed E-state index contributed by atoms with van der Waals surface area (Å²) in [4.78, 5) is 0. The fourth-order valence-electron chi connectivity index (χ4n) is 0.265. The summed E-state index contributed by atoms with van der Waals surface area (Å²) in [6.45, 7) is 6.13. The van der Waals surface area contributed by atoms with Crippen molar-refractivity contribution >= 4 is 35.0 Å². The van der Waals surface area contributed by atoms with Gasteiger partial charge >= 0.3 is 0 Å². The Balaban J connectivity index is 4.23. The highest BCUT2D eigenvalue weighted by Crippen LogP contribution is 2.45. The van der Waals surface area contributed by atoms with Crippen LogP contribution in [0.2, 0.25) is 0 Å². The van der Waals surface area contributed by atoms with Gasteiger partial charge in [0, 0.05) is 0 Å². The molecule has 5 heteroatoms. The molecule has 0 nitrogen and oxygen atoms in total. The van der Waals surface area contributed by atoms with Crippen LogP contribution in [-0.4, -0.2) is 8.92 Å². The summed E-state index contributed by atoms with van der Waals surface area (Å²) in [5.74, 6) is 0. The minimum Gasteiger partial charge on any atom is -0.209 e. The minimum atomic E-state index is -2.40. The van der Waals surface area contributed by atoms with Crippen molar-refractivity contribution in [3.63, 3.8) is 0 Å². The molecule has 0 aliphatic rings. The van der Waals surface area contributed by atoms with Crippen LogP contribution in [0.25, 0.3) is 0 Å². The van der Waals surface area contributed by atoms with Crippen LogP contribution >= 0.6 is 35.0 Å². The van der Waals surface area contributed by atoms with Crippen LogP contribution in [0.1, 0.15) is 0 Å². The van der Waals surface area contributed by atoms with E-state index in [2.05, 4.69) is 13.2 Å². The average molecular weight is 219 g/mol. The molecule has 0 rings (SSSR count). The van der Waals surface area contributed by atoms with Crippen molar-refractivity contribution in [3.8, 4) is 0 Å². The molecule has 0 radical (unpaired) electrons. The Morgan fingerprint density at radius 2 is 1.36 bits per heavy atom. The maximum absolute atomic E-state index is 12.7. The van der Waals surface area contributed by atoms with E-state index in [1.54, 1.807) is 0 Å². The quantitative estimate of drug-likeness (QED) is 0.511. The van der Waals surface area contributed by atoms with Gasteiger partial charge in [-0.2, -0.15) is 0 Å². The van der Waals surface area contributed by atoms with E-state index in [1.807, 2.05) is 0 Å². The third-order valence-corrected chi connectivity index (χ3v) is 2.40. The van der Waals surface area contributed by atoms with Gasteiger partial charge in [0.1, 0.15) is 0 Å². The van der Waals surface area contributed by atoms with E-state index in [4.69, 9.17) is 23.2 Å². The zero-order chi connectivity index (χ0) is 9.12. The van der Waals surface area contributed by atoms with Crippen molar-refractivity contribution in [1.29, 1.82) is 0 Å². The average Bonchev–Trinajstić information content (AvgIpc) is 1.86. The second kappa shape index (κ2) is 3.78. The summed E-state index contributed by atoms with van der Waals surface area (Å²) < 4.78 is 20.7. The standard InChI is InChI=1S/C6H6Cl2F2S/c1-3-5(7,9)11-6(8,10)4-2/h3-4H,1-2H2. The van der Waals surface area contributed by atoms with E-state index in [0.29, 0.717) is 0 Å². The molecule has 2 unspecified atom stereocenters. The summed E-state index contributed by atoms with van der Waals surface area (Å²) in [6.07, 6.45) is 1.50. The molecule has 0 heterocycles. The number of thioether (sulfide) groups is 1. The molecule has 0 fully saturated rings. The van der Waals surface area contributed by atoms with Crippen LogP contribution < -0.4 is 0 Å². The van der Waals surface area contributed by atoms with Crippen molar-refractivity contribution in [2.24, 2.45) is 0 Å². The number of hydrogen-bond acceptors (Lipinski definition) is 1. The molecule has 64 valence electrons. The first-order valence-corrected chi connectivity index (χ1v) is 4.13. The van der Waals surface area contributed by atoms with Crippen LogP contribution in [0.3, 0.4) is 0 Å². The summed E-state index contributed by atoms with van der Waals surface area (Å²) in [5, 5.41) is 0. The molecule has 0 aromatic carbocycles. The Bertz CT molecular complexity index is 150. The molecule has 2 atom stereocenters. The van der Waals surface area contributed by atoms with Gasteiger partial charge in [-0.15, -0.1) is 0 Å². The van der Waals surface area contributed by atoms with E-state index >= 15 is 0 Å². The fraction of sp³-hybridized carbons (Fsp3) is 0.333. The highest BCUT2D eigenvalue weighted by atomic mass is 35.5. The SMILES string of the molecule is C=CC(F)(Cl)SC(F)(Cl)C=C. The predicted octanol–water partition coefficient (Wildman–Crippen LogP) is 3.82. The zero-order valence-corrected chi connectivity index (χ0v) is 7.82. The first-order chi connectivity index (χ1) is 4.83. The lowest BCUT2D eigenvalue weighted by atomic mass is 10.7. The lowest BCUT2D eigenvalue weighted by Gasteiger charge is -2.18. The van der Waals surface area contributed by atoms with Crippen LogP contribution in [0.15, 0.2) is 25.3 Å². The van der Waals surface area contributed by atoms with Crippen LogP contribution in [0.4, 0.5) is 8.78 Å². The van der Waals surface area contributed by atoms with Gasteiger partial charge < -0.3 is 0 Å². The topological polar surface area (TPSA) is 0 Å². The number of alkyl halides is 4. The molecule has 0 aromatic heterocycles. The molecule has 0 aromatic rings. The van der Waals surface area contributed by atoms with Gasteiger partial charge in [0.2, 0.25) is 0 Å². The molecule has 0 N–H and O–H groups in total. The molecular weight excluding hydrogens is 213 g/mol. The largest absolute Gasteiger partial charge is 0.252 e. The number of hydrogen-bond donors (Lipinski definition) is 0. The van der Waals surface area contributed by atoms with Gasteiger partial charge in [-0.3, -0.25) is 0 Å². The van der Waals surface area contributed by atoms with Gasteiger partial charge in [0.05, 0.1) is 0 Å². The van der Waals surface area contributed by atoms with Gasteiger partial charge in [-0.25, -0.2) is 8.78 Å². The Morgan fingerprint density at radius 3 is 1.55 bits per heavy atom. The van der Waals surface area contributed by atoms with Gasteiger partial charge in [-0.05, 0) is 23.9 Å². The normalized spacial score (nSPS) is 21.5. The smallest absolute Gasteiger partial charge is 0.209 e. The molecule has 0 saturated heterocycles. The van der Waals surface area contributed by atoms with Crippen molar-refractivity contribution in [2.45, 2.75) is 8.92 Å². The van der Waals surface area contributed by atoms with E-state index in [9.17, 15) is 8.78 Å². The molecule has 11 heavy (non-hydrogen) atoms. The molecule has 0 spiro atoms. The van der Waals surface area contributed by atoms with Crippen molar-refractivity contribution < 1.29 is 8.78 Å². The summed E-state index contributed by atoms with van der Waals surface area (Å²) in [7, 11) is 0. The second-order valence-electron chi connectivity index (χ2n) is 1.63. The molecule has 0 bridgehead atoms. The Morgan fingerprint density at radius 1 is 1.09 bits per heavy atom. The van der Waals surface area contributed by atoms with Crippen molar-refractivity contribution in [2.75, 3.05) is 0 Å². The number of rotatable bonds is 4. The van der Waals surface area contributed by atoms with Crippen molar-refractivity contribution in [3.05, 3.63) is 25.3 Å². The van der Waals surface area contributed by atoms with Gasteiger partial charge in [-0.1, -0.05) is 36.4 Å². The first kappa shape index (κ1) is 11.3. The molecule has 0 amide bonds. The summed E-state index contributed by atoms with van der Waals surface area (Å²) >= 11 is 10.2. The third kappa shape index (κ3) is 4.67. The summed E-state index contributed by atoms with van der Waals surface area (Å²) in [6, 6.07) is 0. The second-order valence-corrected chi connectivity index (χ2v) is 4.57. The van der Waals surface area contributed by atoms with E-state index in [1.165, 1.54) is 0 Å². The maximum Gasteiger partial charge on any atom is 0.252 e. The predicted molar refractivity (Wildman–Crippen MR) is 47.4 cm³/mol. The maximum atomic E-state index is 12.7. The Labute approximate surface area is 78.2 Å². The van der Waals surface area contributed by atoms with Gasteiger partial charge in [0.25, 0.3) is 8.92 Å². The third-order valence-electron chi connectivity index (χ3n) is 0.747. The van der Waals surface area contributed by atoms with E-state index < -0.39 is 8.92 Å². The highest BCUT2D eigenvalue weighted by Gasteiger charge is 2.36. The molecule has 0 aliphatic carbocycles. The molecule has 0 saturated carbocycles. The lowest BCUT2D eigenvalue weighted by molar-refractivity contribution is 0.437.